The Balaban J connectivity index is 2.52. The zero-order valence-corrected chi connectivity index (χ0v) is 13.5. The van der Waals surface area contributed by atoms with Gasteiger partial charge in [-0.2, -0.15) is 0 Å². The van der Waals surface area contributed by atoms with E-state index in [2.05, 4.69) is 34.8 Å². The molecule has 0 saturated carbocycles. The van der Waals surface area contributed by atoms with Crippen LogP contribution < -0.4 is 5.32 Å². The van der Waals surface area contributed by atoms with Gasteiger partial charge in [-0.3, -0.25) is 4.79 Å². The molecule has 0 aromatic heterocycles. The van der Waals surface area contributed by atoms with E-state index in [0.29, 0.717) is 18.3 Å². The van der Waals surface area contributed by atoms with Gasteiger partial charge in [0, 0.05) is 16.0 Å². The van der Waals surface area contributed by atoms with E-state index in [1.54, 1.807) is 0 Å². The zero-order valence-electron chi connectivity index (χ0n) is 10.6. The second-order valence-electron chi connectivity index (χ2n) is 4.32. The van der Waals surface area contributed by atoms with Crippen LogP contribution in [0.1, 0.15) is 36.5 Å². The maximum absolute atomic E-state index is 12.0. The average Bonchev–Trinajstić information content (AvgIpc) is 2.36. The number of hydrogen-bond donors (Lipinski definition) is 1. The summed E-state index contributed by atoms with van der Waals surface area (Å²) in [6, 6.07) is 7.62. The molecule has 0 spiro atoms. The number of benzene rings is 1. The van der Waals surface area contributed by atoms with Crippen molar-refractivity contribution in [2.45, 2.75) is 26.2 Å². The first-order chi connectivity index (χ1) is 8.69. The van der Waals surface area contributed by atoms with Gasteiger partial charge in [-0.05, 0) is 53.5 Å². The normalized spacial score (nSPS) is 12.2. The van der Waals surface area contributed by atoms with Crippen LogP contribution in [-0.2, 0) is 0 Å². The van der Waals surface area contributed by atoms with Crippen molar-refractivity contribution in [3.63, 3.8) is 0 Å². The molecule has 1 rings (SSSR count). The van der Waals surface area contributed by atoms with Crippen LogP contribution in [0.15, 0.2) is 24.3 Å². The molecule has 0 bridgehead atoms. The van der Waals surface area contributed by atoms with Crippen LogP contribution in [0.2, 0.25) is 0 Å². The van der Waals surface area contributed by atoms with Gasteiger partial charge in [0.05, 0.1) is 5.56 Å². The van der Waals surface area contributed by atoms with Crippen molar-refractivity contribution in [2.75, 3.05) is 12.4 Å². The number of halogens is 2. The summed E-state index contributed by atoms with van der Waals surface area (Å²) in [5.74, 6) is 1.15. The Labute approximate surface area is 128 Å². The van der Waals surface area contributed by atoms with Crippen molar-refractivity contribution in [1.82, 2.24) is 5.32 Å². The first kappa shape index (κ1) is 15.8. The number of nitrogens with one attached hydrogen (secondary N) is 1. The van der Waals surface area contributed by atoms with Crippen molar-refractivity contribution in [3.8, 4) is 0 Å². The number of alkyl halides is 1. The SMILES string of the molecule is CCCC(CCCl)CNC(=O)c1ccccc1I. The Kier molecular flexibility index (Phi) is 7.66. The van der Waals surface area contributed by atoms with Gasteiger partial charge < -0.3 is 5.32 Å². The Morgan fingerprint density at radius 3 is 2.72 bits per heavy atom. The van der Waals surface area contributed by atoms with Crippen LogP contribution in [0.4, 0.5) is 0 Å². The van der Waals surface area contributed by atoms with E-state index in [0.717, 1.165) is 28.4 Å². The highest BCUT2D eigenvalue weighted by atomic mass is 127. The molecule has 0 saturated heterocycles. The first-order valence-corrected chi connectivity index (χ1v) is 7.89. The van der Waals surface area contributed by atoms with E-state index in [1.807, 2.05) is 24.3 Å². The molecule has 100 valence electrons. The van der Waals surface area contributed by atoms with Crippen LogP contribution in [-0.4, -0.2) is 18.3 Å². The first-order valence-electron chi connectivity index (χ1n) is 6.27. The lowest BCUT2D eigenvalue weighted by molar-refractivity contribution is 0.0945. The molecule has 1 N–H and O–H groups in total. The molecule has 0 radical (unpaired) electrons. The third kappa shape index (κ3) is 5.14. The van der Waals surface area contributed by atoms with Gasteiger partial charge in [-0.15, -0.1) is 11.6 Å². The molecular weight excluding hydrogens is 361 g/mol. The summed E-state index contributed by atoms with van der Waals surface area (Å²) in [4.78, 5) is 12.0. The van der Waals surface area contributed by atoms with E-state index >= 15 is 0 Å². The van der Waals surface area contributed by atoms with Gasteiger partial charge >= 0.3 is 0 Å². The van der Waals surface area contributed by atoms with Crippen molar-refractivity contribution in [1.29, 1.82) is 0 Å². The summed E-state index contributed by atoms with van der Waals surface area (Å²) in [5.41, 5.74) is 0.749. The van der Waals surface area contributed by atoms with E-state index < -0.39 is 0 Å². The quantitative estimate of drug-likeness (QED) is 0.562. The number of rotatable bonds is 7. The summed E-state index contributed by atoms with van der Waals surface area (Å²) in [6.07, 6.45) is 3.20. The minimum absolute atomic E-state index is 0.00988. The average molecular weight is 380 g/mol. The summed E-state index contributed by atoms with van der Waals surface area (Å²) in [5, 5.41) is 3.01. The Hall–Kier alpha value is -0.290. The van der Waals surface area contributed by atoms with E-state index in [-0.39, 0.29) is 5.91 Å². The van der Waals surface area contributed by atoms with Gasteiger partial charge in [-0.25, -0.2) is 0 Å². The minimum atomic E-state index is 0.00988. The Morgan fingerprint density at radius 2 is 2.11 bits per heavy atom. The molecule has 0 fully saturated rings. The molecule has 18 heavy (non-hydrogen) atoms. The Morgan fingerprint density at radius 1 is 1.39 bits per heavy atom. The predicted octanol–water partition coefficient (Wildman–Crippen LogP) is 4.07. The fourth-order valence-corrected chi connectivity index (χ4v) is 2.83. The molecule has 1 amide bonds. The Bertz CT molecular complexity index is 378. The minimum Gasteiger partial charge on any atom is -0.352 e. The van der Waals surface area contributed by atoms with Gasteiger partial charge in [-0.1, -0.05) is 25.5 Å². The topological polar surface area (TPSA) is 29.1 Å². The van der Waals surface area contributed by atoms with Crippen LogP contribution in [0.5, 0.6) is 0 Å². The molecule has 4 heteroatoms. The molecule has 2 nitrogen and oxygen atoms in total. The van der Waals surface area contributed by atoms with E-state index in [4.69, 9.17) is 11.6 Å². The molecule has 0 heterocycles. The van der Waals surface area contributed by atoms with Crippen LogP contribution >= 0.6 is 34.2 Å². The van der Waals surface area contributed by atoms with Crippen molar-refractivity contribution >= 4 is 40.1 Å². The second kappa shape index (κ2) is 8.75. The molecular formula is C14H19ClINO. The number of amides is 1. The van der Waals surface area contributed by atoms with Crippen molar-refractivity contribution < 1.29 is 4.79 Å². The monoisotopic (exact) mass is 379 g/mol. The summed E-state index contributed by atoms with van der Waals surface area (Å²) >= 11 is 7.96. The fourth-order valence-electron chi connectivity index (χ4n) is 1.89. The smallest absolute Gasteiger partial charge is 0.252 e. The van der Waals surface area contributed by atoms with Gasteiger partial charge in [0.2, 0.25) is 0 Å². The lowest BCUT2D eigenvalue weighted by Crippen LogP contribution is -2.30. The van der Waals surface area contributed by atoms with Gasteiger partial charge in [0.1, 0.15) is 0 Å². The van der Waals surface area contributed by atoms with Crippen LogP contribution in [0, 0.1) is 9.49 Å². The predicted molar refractivity (Wildman–Crippen MR) is 85.2 cm³/mol. The van der Waals surface area contributed by atoms with Crippen molar-refractivity contribution in [3.05, 3.63) is 33.4 Å². The number of hydrogen-bond acceptors (Lipinski definition) is 1. The van der Waals surface area contributed by atoms with E-state index in [9.17, 15) is 4.79 Å². The summed E-state index contributed by atoms with van der Waals surface area (Å²) in [6.45, 7) is 2.87. The molecule has 0 aliphatic heterocycles. The molecule has 1 atom stereocenters. The van der Waals surface area contributed by atoms with Crippen molar-refractivity contribution in [2.24, 2.45) is 5.92 Å². The third-order valence-electron chi connectivity index (χ3n) is 2.88. The fraction of sp³-hybridized carbons (Fsp3) is 0.500. The lowest BCUT2D eigenvalue weighted by atomic mass is 10.0. The third-order valence-corrected chi connectivity index (χ3v) is 4.04. The number of carbonyl (C=O) groups excluding carboxylic acids is 1. The van der Waals surface area contributed by atoms with Gasteiger partial charge in [0.25, 0.3) is 5.91 Å². The highest BCUT2D eigenvalue weighted by molar-refractivity contribution is 14.1. The molecule has 0 aliphatic rings. The lowest BCUT2D eigenvalue weighted by Gasteiger charge is -2.15. The molecule has 0 aliphatic carbocycles. The molecule has 1 aromatic rings. The van der Waals surface area contributed by atoms with Gasteiger partial charge in [0.15, 0.2) is 0 Å². The standard InChI is InChI=1S/C14H19ClINO/c1-2-5-11(8-9-15)10-17-14(18)12-6-3-4-7-13(12)16/h3-4,6-7,11H,2,5,8-10H2,1H3,(H,17,18). The number of carbonyl (C=O) groups is 1. The highest BCUT2D eigenvalue weighted by Gasteiger charge is 2.12. The highest BCUT2D eigenvalue weighted by Crippen LogP contribution is 2.13. The largest absolute Gasteiger partial charge is 0.352 e. The summed E-state index contributed by atoms with van der Waals surface area (Å²) in [7, 11) is 0. The van der Waals surface area contributed by atoms with E-state index in [1.165, 1.54) is 0 Å². The maximum atomic E-state index is 12.0. The van der Waals surface area contributed by atoms with Crippen LogP contribution in [0.25, 0.3) is 0 Å². The molecule has 1 unspecified atom stereocenters. The molecule has 1 aromatic carbocycles. The zero-order chi connectivity index (χ0) is 13.4. The maximum Gasteiger partial charge on any atom is 0.252 e. The second-order valence-corrected chi connectivity index (χ2v) is 5.86. The van der Waals surface area contributed by atoms with Crippen LogP contribution in [0.3, 0.4) is 0 Å². The summed E-state index contributed by atoms with van der Waals surface area (Å²) < 4.78 is 0.983.